The van der Waals surface area contributed by atoms with Crippen LogP contribution >= 0.6 is 0 Å². The van der Waals surface area contributed by atoms with Gasteiger partial charge in [0.1, 0.15) is 11.4 Å². The van der Waals surface area contributed by atoms with Crippen LogP contribution in [0.5, 0.6) is 0 Å². The Morgan fingerprint density at radius 3 is 2.84 bits per heavy atom. The Hall–Kier alpha value is -2.18. The molecule has 1 aliphatic rings. The average molecular weight is 351 g/mol. The summed E-state index contributed by atoms with van der Waals surface area (Å²) in [5, 5.41) is 2.87. The van der Waals surface area contributed by atoms with Gasteiger partial charge in [-0.1, -0.05) is 0 Å². The summed E-state index contributed by atoms with van der Waals surface area (Å²) in [6, 6.07) is 3.53. The van der Waals surface area contributed by atoms with E-state index in [1.165, 1.54) is 0 Å². The van der Waals surface area contributed by atoms with Crippen molar-refractivity contribution in [3.63, 3.8) is 0 Å². The van der Waals surface area contributed by atoms with Gasteiger partial charge in [-0.25, -0.2) is 9.59 Å². The Morgan fingerprint density at radius 2 is 2.20 bits per heavy atom. The van der Waals surface area contributed by atoms with Gasteiger partial charge < -0.3 is 24.3 Å². The third-order valence-corrected chi connectivity index (χ3v) is 4.04. The molecule has 2 heterocycles. The molecule has 1 N–H and O–H groups in total. The predicted octanol–water partition coefficient (Wildman–Crippen LogP) is 3.07. The van der Waals surface area contributed by atoms with E-state index in [-0.39, 0.29) is 18.0 Å². The molecule has 1 unspecified atom stereocenters. The van der Waals surface area contributed by atoms with E-state index in [2.05, 4.69) is 5.32 Å². The number of urea groups is 1. The molecular formula is C18H29N3O4. The number of nitrogens with zero attached hydrogens (tertiary/aromatic N) is 2. The van der Waals surface area contributed by atoms with Gasteiger partial charge in [0.15, 0.2) is 0 Å². The Balaban J connectivity index is 1.79. The summed E-state index contributed by atoms with van der Waals surface area (Å²) in [5.41, 5.74) is -0.504. The third-order valence-electron chi connectivity index (χ3n) is 4.04. The summed E-state index contributed by atoms with van der Waals surface area (Å²) < 4.78 is 10.6. The fraction of sp³-hybridized carbons (Fsp3) is 0.667. The van der Waals surface area contributed by atoms with Crippen LogP contribution in [0.15, 0.2) is 22.8 Å². The Bertz CT molecular complexity index is 565. The predicted molar refractivity (Wildman–Crippen MR) is 94.1 cm³/mol. The molecule has 0 radical (unpaired) electrons. The molecule has 2 rings (SSSR count). The lowest BCUT2D eigenvalue weighted by molar-refractivity contribution is 0.0252. The number of hydrogen-bond donors (Lipinski definition) is 1. The van der Waals surface area contributed by atoms with E-state index in [1.54, 1.807) is 29.2 Å². The molecule has 1 saturated heterocycles. The first kappa shape index (κ1) is 19.1. The number of carbonyl (C=O) groups is 2. The highest BCUT2D eigenvalue weighted by atomic mass is 16.6. The standard InChI is InChI=1S/C18H29N3O4/c1-18(2,3)25-17(23)20(4)12-14-7-5-9-21(13-14)16(22)19-11-15-8-6-10-24-15/h6,8,10,14H,5,7,9,11-13H2,1-4H3,(H,19,22). The molecule has 1 aromatic heterocycles. The molecule has 0 spiro atoms. The number of rotatable bonds is 4. The van der Waals surface area contributed by atoms with Gasteiger partial charge in [-0.15, -0.1) is 0 Å². The number of ether oxygens (including phenoxy) is 1. The minimum Gasteiger partial charge on any atom is -0.467 e. The zero-order valence-electron chi connectivity index (χ0n) is 15.6. The largest absolute Gasteiger partial charge is 0.467 e. The molecule has 140 valence electrons. The van der Waals surface area contributed by atoms with Gasteiger partial charge in [-0.05, 0) is 51.7 Å². The van der Waals surface area contributed by atoms with Crippen molar-refractivity contribution in [1.82, 2.24) is 15.1 Å². The van der Waals surface area contributed by atoms with Gasteiger partial charge in [0.2, 0.25) is 0 Å². The van der Waals surface area contributed by atoms with Crippen LogP contribution < -0.4 is 5.32 Å². The number of nitrogens with one attached hydrogen (secondary N) is 1. The number of likely N-dealkylation sites (tertiary alicyclic amines) is 1. The molecule has 7 nitrogen and oxygen atoms in total. The van der Waals surface area contributed by atoms with Crippen LogP contribution in [0, 0.1) is 5.92 Å². The van der Waals surface area contributed by atoms with Crippen molar-refractivity contribution in [2.45, 2.75) is 45.8 Å². The van der Waals surface area contributed by atoms with Crippen molar-refractivity contribution >= 4 is 12.1 Å². The van der Waals surface area contributed by atoms with Gasteiger partial charge in [0, 0.05) is 26.7 Å². The van der Waals surface area contributed by atoms with Gasteiger partial charge in [0.05, 0.1) is 12.8 Å². The van der Waals surface area contributed by atoms with E-state index >= 15 is 0 Å². The minimum atomic E-state index is -0.504. The van der Waals surface area contributed by atoms with Crippen molar-refractivity contribution in [1.29, 1.82) is 0 Å². The van der Waals surface area contributed by atoms with Crippen LogP contribution in [0.4, 0.5) is 9.59 Å². The van der Waals surface area contributed by atoms with Crippen molar-refractivity contribution in [3.8, 4) is 0 Å². The van der Waals surface area contributed by atoms with E-state index in [4.69, 9.17) is 9.15 Å². The summed E-state index contributed by atoms with van der Waals surface area (Å²) >= 11 is 0. The summed E-state index contributed by atoms with van der Waals surface area (Å²) in [5.74, 6) is 0.979. The molecule has 1 atom stereocenters. The van der Waals surface area contributed by atoms with Crippen LogP contribution in [0.25, 0.3) is 0 Å². The lowest BCUT2D eigenvalue weighted by Gasteiger charge is -2.35. The summed E-state index contributed by atoms with van der Waals surface area (Å²) in [6.07, 6.45) is 3.19. The molecule has 1 aliphatic heterocycles. The van der Waals surface area contributed by atoms with Crippen LogP contribution in [0.3, 0.4) is 0 Å². The number of piperidine rings is 1. The molecule has 3 amide bonds. The number of furan rings is 1. The Morgan fingerprint density at radius 1 is 1.44 bits per heavy atom. The highest BCUT2D eigenvalue weighted by Gasteiger charge is 2.27. The molecule has 0 aliphatic carbocycles. The smallest absolute Gasteiger partial charge is 0.410 e. The van der Waals surface area contributed by atoms with E-state index < -0.39 is 5.60 Å². The Labute approximate surface area is 149 Å². The first-order valence-corrected chi connectivity index (χ1v) is 8.74. The zero-order valence-corrected chi connectivity index (χ0v) is 15.6. The monoisotopic (exact) mass is 351 g/mol. The molecule has 0 saturated carbocycles. The third kappa shape index (κ3) is 6.32. The normalized spacial score (nSPS) is 17.9. The van der Waals surface area contributed by atoms with Crippen molar-refractivity contribution in [2.24, 2.45) is 5.92 Å². The van der Waals surface area contributed by atoms with Gasteiger partial charge in [-0.2, -0.15) is 0 Å². The van der Waals surface area contributed by atoms with Crippen LogP contribution in [0.2, 0.25) is 0 Å². The molecule has 0 bridgehead atoms. The first-order valence-electron chi connectivity index (χ1n) is 8.74. The maximum atomic E-state index is 12.3. The number of carbonyl (C=O) groups excluding carboxylic acids is 2. The van der Waals surface area contributed by atoms with Gasteiger partial charge in [-0.3, -0.25) is 0 Å². The molecule has 1 fully saturated rings. The van der Waals surface area contributed by atoms with Crippen LogP contribution in [-0.2, 0) is 11.3 Å². The Kier molecular flexibility index (Phi) is 6.33. The molecule has 1 aromatic rings. The van der Waals surface area contributed by atoms with Crippen LogP contribution in [-0.4, -0.2) is 54.2 Å². The second kappa shape index (κ2) is 8.27. The van der Waals surface area contributed by atoms with Crippen molar-refractivity contribution in [2.75, 3.05) is 26.7 Å². The molecule has 25 heavy (non-hydrogen) atoms. The lowest BCUT2D eigenvalue weighted by Crippen LogP contribution is -2.48. The minimum absolute atomic E-state index is 0.0963. The van der Waals surface area contributed by atoms with Crippen LogP contribution in [0.1, 0.15) is 39.4 Å². The van der Waals surface area contributed by atoms with E-state index in [0.29, 0.717) is 19.6 Å². The summed E-state index contributed by atoms with van der Waals surface area (Å²) in [6.45, 7) is 7.88. The highest BCUT2D eigenvalue weighted by molar-refractivity contribution is 5.74. The van der Waals surface area contributed by atoms with Crippen molar-refractivity contribution in [3.05, 3.63) is 24.2 Å². The zero-order chi connectivity index (χ0) is 18.4. The number of amides is 3. The van der Waals surface area contributed by atoms with E-state index in [0.717, 1.165) is 25.1 Å². The molecule has 0 aromatic carbocycles. The second-order valence-electron chi connectivity index (χ2n) is 7.55. The first-order chi connectivity index (χ1) is 11.7. The van der Waals surface area contributed by atoms with Crippen molar-refractivity contribution < 1.29 is 18.7 Å². The average Bonchev–Trinajstić information content (AvgIpc) is 3.04. The quantitative estimate of drug-likeness (QED) is 0.904. The topological polar surface area (TPSA) is 75.0 Å². The maximum Gasteiger partial charge on any atom is 0.410 e. The number of hydrogen-bond acceptors (Lipinski definition) is 4. The summed E-state index contributed by atoms with van der Waals surface area (Å²) in [4.78, 5) is 27.8. The lowest BCUT2D eigenvalue weighted by atomic mass is 9.98. The molecule has 7 heteroatoms. The van der Waals surface area contributed by atoms with E-state index in [1.807, 2.05) is 26.8 Å². The fourth-order valence-corrected chi connectivity index (χ4v) is 2.89. The second-order valence-corrected chi connectivity index (χ2v) is 7.55. The fourth-order valence-electron chi connectivity index (χ4n) is 2.89. The molecular weight excluding hydrogens is 322 g/mol. The highest BCUT2D eigenvalue weighted by Crippen LogP contribution is 2.19. The van der Waals surface area contributed by atoms with Gasteiger partial charge in [0.25, 0.3) is 0 Å². The maximum absolute atomic E-state index is 12.3. The SMILES string of the molecule is CN(CC1CCCN(C(=O)NCc2ccco2)C1)C(=O)OC(C)(C)C. The van der Waals surface area contributed by atoms with Gasteiger partial charge >= 0.3 is 12.1 Å². The van der Waals surface area contributed by atoms with E-state index in [9.17, 15) is 9.59 Å². The summed E-state index contributed by atoms with van der Waals surface area (Å²) in [7, 11) is 1.74.